The van der Waals surface area contributed by atoms with Crippen LogP contribution in [0.3, 0.4) is 0 Å². The van der Waals surface area contributed by atoms with Gasteiger partial charge in [-0.1, -0.05) is 0 Å². The Labute approximate surface area is 120 Å². The van der Waals surface area contributed by atoms with E-state index in [2.05, 4.69) is 31.2 Å². The van der Waals surface area contributed by atoms with Gasteiger partial charge in [0.1, 0.15) is 28.5 Å². The van der Waals surface area contributed by atoms with E-state index in [1.165, 1.54) is 12.7 Å². The summed E-state index contributed by atoms with van der Waals surface area (Å²) in [7, 11) is 0. The Morgan fingerprint density at radius 1 is 1.42 bits per heavy atom. The maximum atomic E-state index is 12.3. The Kier molecular flexibility index (Phi) is 4.57. The second kappa shape index (κ2) is 6.18. The molecule has 2 rings (SSSR count). The van der Waals surface area contributed by atoms with Crippen molar-refractivity contribution in [3.63, 3.8) is 0 Å². The van der Waals surface area contributed by atoms with Gasteiger partial charge in [-0.05, 0) is 42.1 Å². The number of hydrogen-bond donors (Lipinski definition) is 2. The highest BCUT2D eigenvalue weighted by Gasteiger charge is 2.23. The van der Waals surface area contributed by atoms with Crippen molar-refractivity contribution < 1.29 is 4.79 Å². The number of nitrogen functional groups attached to an aromatic ring is 1. The number of nitrogens with zero attached hydrogens (tertiary/aromatic N) is 3. The Balaban J connectivity index is 2.01. The van der Waals surface area contributed by atoms with Gasteiger partial charge in [-0.25, -0.2) is 9.97 Å². The summed E-state index contributed by atoms with van der Waals surface area (Å²) in [6.07, 6.45) is 4.76. The summed E-state index contributed by atoms with van der Waals surface area (Å²) in [5, 5.41) is 3.08. The zero-order chi connectivity index (χ0) is 13.8. The van der Waals surface area contributed by atoms with Gasteiger partial charge in [-0.2, -0.15) is 0 Å². The van der Waals surface area contributed by atoms with Crippen LogP contribution in [0.4, 0.5) is 11.6 Å². The molecule has 1 aromatic heterocycles. The molecular weight excluding hydrogens is 310 g/mol. The van der Waals surface area contributed by atoms with E-state index in [4.69, 9.17) is 5.73 Å². The summed E-state index contributed by atoms with van der Waals surface area (Å²) in [6.45, 7) is 3.53. The van der Waals surface area contributed by atoms with Crippen LogP contribution in [-0.2, 0) is 4.79 Å². The molecule has 0 bridgehead atoms. The van der Waals surface area contributed by atoms with Gasteiger partial charge in [-0.3, -0.25) is 4.79 Å². The molecule has 1 fully saturated rings. The molecular formula is C12H18BrN5O. The predicted molar refractivity (Wildman–Crippen MR) is 77.7 cm³/mol. The minimum absolute atomic E-state index is 0.101. The van der Waals surface area contributed by atoms with Gasteiger partial charge in [-0.15, -0.1) is 0 Å². The van der Waals surface area contributed by atoms with Crippen molar-refractivity contribution in [1.29, 1.82) is 0 Å². The van der Waals surface area contributed by atoms with Crippen LogP contribution in [0.1, 0.15) is 26.2 Å². The highest BCUT2D eigenvalue weighted by molar-refractivity contribution is 9.10. The number of nitrogens with one attached hydrogen (secondary N) is 1. The topological polar surface area (TPSA) is 84.1 Å². The zero-order valence-corrected chi connectivity index (χ0v) is 12.5. The molecule has 1 atom stereocenters. The molecule has 104 valence electrons. The number of amides is 1. The first-order valence-corrected chi connectivity index (χ1v) is 7.20. The molecule has 6 nitrogen and oxygen atoms in total. The summed E-state index contributed by atoms with van der Waals surface area (Å²) < 4.78 is 0.591. The lowest BCUT2D eigenvalue weighted by atomic mass is 10.1. The average molecular weight is 328 g/mol. The molecule has 0 aliphatic carbocycles. The molecule has 1 aliphatic rings. The Morgan fingerprint density at radius 3 is 2.79 bits per heavy atom. The monoisotopic (exact) mass is 327 g/mol. The lowest BCUT2D eigenvalue weighted by molar-refractivity contribution is -0.132. The number of piperidine rings is 1. The maximum absolute atomic E-state index is 12.3. The van der Waals surface area contributed by atoms with E-state index < -0.39 is 0 Å². The smallest absolute Gasteiger partial charge is 0.244 e. The van der Waals surface area contributed by atoms with Gasteiger partial charge >= 0.3 is 0 Å². The Bertz CT molecular complexity index is 461. The van der Waals surface area contributed by atoms with Crippen molar-refractivity contribution >= 4 is 33.5 Å². The molecule has 0 spiro atoms. The quantitative estimate of drug-likeness (QED) is 0.881. The summed E-state index contributed by atoms with van der Waals surface area (Å²) >= 11 is 3.32. The van der Waals surface area contributed by atoms with Gasteiger partial charge in [0.25, 0.3) is 0 Å². The van der Waals surface area contributed by atoms with E-state index in [1.807, 2.05) is 11.8 Å². The summed E-state index contributed by atoms with van der Waals surface area (Å²) in [5.74, 6) is 1.00. The lowest BCUT2D eigenvalue weighted by Crippen LogP contribution is -2.44. The number of anilines is 2. The van der Waals surface area contributed by atoms with Gasteiger partial charge in [0.05, 0.1) is 0 Å². The summed E-state index contributed by atoms with van der Waals surface area (Å²) in [5.41, 5.74) is 5.68. The molecule has 1 amide bonds. The normalized spacial score (nSPS) is 17.1. The van der Waals surface area contributed by atoms with E-state index in [0.29, 0.717) is 16.1 Å². The fourth-order valence-electron chi connectivity index (χ4n) is 2.14. The van der Waals surface area contributed by atoms with E-state index in [9.17, 15) is 4.79 Å². The fourth-order valence-corrected chi connectivity index (χ4v) is 2.46. The highest BCUT2D eigenvalue weighted by Crippen LogP contribution is 2.24. The maximum Gasteiger partial charge on any atom is 0.244 e. The third-order valence-electron chi connectivity index (χ3n) is 3.21. The van der Waals surface area contributed by atoms with Crippen LogP contribution in [0.2, 0.25) is 0 Å². The standard InChI is InChI=1S/C12H18BrN5O/c1-8(12(19)18-5-3-2-4-6-18)17-11-9(13)10(14)15-7-16-11/h7-8H,2-6H2,1H3,(H3,14,15,16,17). The highest BCUT2D eigenvalue weighted by atomic mass is 79.9. The van der Waals surface area contributed by atoms with Crippen molar-refractivity contribution in [3.05, 3.63) is 10.8 Å². The number of nitrogens with two attached hydrogens (primary N) is 1. The largest absolute Gasteiger partial charge is 0.383 e. The van der Waals surface area contributed by atoms with Crippen LogP contribution in [0.5, 0.6) is 0 Å². The van der Waals surface area contributed by atoms with E-state index in [1.54, 1.807) is 0 Å². The van der Waals surface area contributed by atoms with Gasteiger partial charge in [0.15, 0.2) is 0 Å². The average Bonchev–Trinajstić information content (AvgIpc) is 2.44. The number of likely N-dealkylation sites (tertiary alicyclic amines) is 1. The van der Waals surface area contributed by atoms with Gasteiger partial charge in [0, 0.05) is 13.1 Å². The number of aromatic nitrogens is 2. The molecule has 2 heterocycles. The first-order chi connectivity index (χ1) is 9.09. The van der Waals surface area contributed by atoms with E-state index in [0.717, 1.165) is 25.9 Å². The molecule has 19 heavy (non-hydrogen) atoms. The summed E-state index contributed by atoms with van der Waals surface area (Å²) in [4.78, 5) is 22.1. The number of rotatable bonds is 3. The first kappa shape index (κ1) is 14.0. The minimum atomic E-state index is -0.330. The van der Waals surface area contributed by atoms with Crippen molar-refractivity contribution in [2.24, 2.45) is 0 Å². The molecule has 0 aromatic carbocycles. The Morgan fingerprint density at radius 2 is 2.11 bits per heavy atom. The molecule has 1 aliphatic heterocycles. The first-order valence-electron chi connectivity index (χ1n) is 6.41. The van der Waals surface area contributed by atoms with Gasteiger partial charge < -0.3 is 16.0 Å². The third kappa shape index (κ3) is 3.34. The van der Waals surface area contributed by atoms with Crippen LogP contribution >= 0.6 is 15.9 Å². The molecule has 1 aromatic rings. The lowest BCUT2D eigenvalue weighted by Gasteiger charge is -2.29. The summed E-state index contributed by atoms with van der Waals surface area (Å²) in [6, 6.07) is -0.330. The van der Waals surface area contributed by atoms with E-state index in [-0.39, 0.29) is 11.9 Å². The molecule has 0 radical (unpaired) electrons. The fraction of sp³-hybridized carbons (Fsp3) is 0.583. The second-order valence-electron chi connectivity index (χ2n) is 4.67. The number of hydrogen-bond acceptors (Lipinski definition) is 5. The number of halogens is 1. The van der Waals surface area contributed by atoms with Crippen LogP contribution in [0.15, 0.2) is 10.8 Å². The van der Waals surface area contributed by atoms with Crippen LogP contribution in [0.25, 0.3) is 0 Å². The van der Waals surface area contributed by atoms with E-state index >= 15 is 0 Å². The van der Waals surface area contributed by atoms with Crippen molar-refractivity contribution in [2.75, 3.05) is 24.1 Å². The number of carbonyl (C=O) groups is 1. The SMILES string of the molecule is CC(Nc1ncnc(N)c1Br)C(=O)N1CCCCC1. The minimum Gasteiger partial charge on any atom is -0.383 e. The Hall–Kier alpha value is -1.37. The molecule has 0 saturated carbocycles. The predicted octanol–water partition coefficient (Wildman–Crippen LogP) is 1.63. The van der Waals surface area contributed by atoms with Crippen LogP contribution in [0, 0.1) is 0 Å². The van der Waals surface area contributed by atoms with Crippen LogP contribution in [-0.4, -0.2) is 39.9 Å². The van der Waals surface area contributed by atoms with Crippen molar-refractivity contribution in [2.45, 2.75) is 32.2 Å². The number of carbonyl (C=O) groups excluding carboxylic acids is 1. The molecule has 1 saturated heterocycles. The van der Waals surface area contributed by atoms with Crippen molar-refractivity contribution in [3.8, 4) is 0 Å². The molecule has 3 N–H and O–H groups in total. The van der Waals surface area contributed by atoms with Crippen LogP contribution < -0.4 is 11.1 Å². The molecule has 7 heteroatoms. The zero-order valence-electron chi connectivity index (χ0n) is 10.9. The van der Waals surface area contributed by atoms with Crippen molar-refractivity contribution in [1.82, 2.24) is 14.9 Å². The van der Waals surface area contributed by atoms with Gasteiger partial charge in [0.2, 0.25) is 5.91 Å². The molecule has 1 unspecified atom stereocenters. The third-order valence-corrected chi connectivity index (χ3v) is 3.99. The second-order valence-corrected chi connectivity index (χ2v) is 5.47.